The van der Waals surface area contributed by atoms with Crippen LogP contribution in [0, 0.1) is 0 Å². The van der Waals surface area contributed by atoms with Gasteiger partial charge in [-0.2, -0.15) is 0 Å². The lowest BCUT2D eigenvalue weighted by molar-refractivity contribution is 1.02. The molecule has 2 aromatic rings. The minimum Gasteiger partial charge on any atom is -0.326 e. The lowest BCUT2D eigenvalue weighted by atomic mass is 10.2. The molecule has 0 spiro atoms. The van der Waals surface area contributed by atoms with Crippen LogP contribution in [0.3, 0.4) is 0 Å². The molecule has 3 nitrogen and oxygen atoms in total. The molecule has 0 fully saturated rings. The third kappa shape index (κ3) is 1.77. The van der Waals surface area contributed by atoms with Gasteiger partial charge < -0.3 is 5.73 Å². The molecular formula is C9H8ClN3S. The summed E-state index contributed by atoms with van der Waals surface area (Å²) in [7, 11) is 0. The number of aromatic nitrogens is 2. The van der Waals surface area contributed by atoms with E-state index in [2.05, 4.69) is 9.97 Å². The highest BCUT2D eigenvalue weighted by atomic mass is 35.5. The molecule has 0 aliphatic carbocycles. The van der Waals surface area contributed by atoms with Gasteiger partial charge in [-0.3, -0.25) is 0 Å². The highest BCUT2D eigenvalue weighted by Crippen LogP contribution is 2.31. The standard InChI is InChI=1S/C9H8ClN3S/c10-8-2-1-7(14-8)9-6(3-11)4-12-5-13-9/h1-2,4-5H,3,11H2. The van der Waals surface area contributed by atoms with E-state index in [1.807, 2.05) is 12.1 Å². The Morgan fingerprint density at radius 1 is 1.43 bits per heavy atom. The lowest BCUT2D eigenvalue weighted by Gasteiger charge is -2.01. The van der Waals surface area contributed by atoms with Gasteiger partial charge in [0.1, 0.15) is 6.33 Å². The van der Waals surface area contributed by atoms with Crippen LogP contribution < -0.4 is 5.73 Å². The molecule has 0 amide bonds. The second-order valence-corrected chi connectivity index (χ2v) is 4.42. The predicted molar refractivity (Wildman–Crippen MR) is 58.2 cm³/mol. The highest BCUT2D eigenvalue weighted by molar-refractivity contribution is 7.19. The molecule has 0 radical (unpaired) electrons. The number of hydrogen-bond acceptors (Lipinski definition) is 4. The van der Waals surface area contributed by atoms with Crippen LogP contribution in [0.5, 0.6) is 0 Å². The largest absolute Gasteiger partial charge is 0.326 e. The molecule has 2 aromatic heterocycles. The average molecular weight is 226 g/mol. The summed E-state index contributed by atoms with van der Waals surface area (Å²) in [5.41, 5.74) is 7.40. The first-order valence-electron chi connectivity index (χ1n) is 4.06. The van der Waals surface area contributed by atoms with Gasteiger partial charge in [-0.25, -0.2) is 9.97 Å². The second-order valence-electron chi connectivity index (χ2n) is 2.70. The Morgan fingerprint density at radius 2 is 2.29 bits per heavy atom. The molecule has 5 heteroatoms. The van der Waals surface area contributed by atoms with Gasteiger partial charge in [-0.15, -0.1) is 11.3 Å². The van der Waals surface area contributed by atoms with E-state index < -0.39 is 0 Å². The van der Waals surface area contributed by atoms with Crippen molar-refractivity contribution in [2.75, 3.05) is 0 Å². The van der Waals surface area contributed by atoms with E-state index in [1.165, 1.54) is 17.7 Å². The zero-order valence-electron chi connectivity index (χ0n) is 7.27. The number of hydrogen-bond donors (Lipinski definition) is 1. The summed E-state index contributed by atoms with van der Waals surface area (Å²) >= 11 is 7.34. The summed E-state index contributed by atoms with van der Waals surface area (Å²) < 4.78 is 0.751. The first-order valence-corrected chi connectivity index (χ1v) is 5.25. The van der Waals surface area contributed by atoms with Crippen LogP contribution in [0.15, 0.2) is 24.7 Å². The fraction of sp³-hybridized carbons (Fsp3) is 0.111. The van der Waals surface area contributed by atoms with Crippen molar-refractivity contribution in [3.8, 4) is 10.6 Å². The maximum absolute atomic E-state index is 5.85. The molecule has 72 valence electrons. The van der Waals surface area contributed by atoms with E-state index in [1.54, 1.807) is 6.20 Å². The van der Waals surface area contributed by atoms with Crippen molar-refractivity contribution in [2.45, 2.75) is 6.54 Å². The summed E-state index contributed by atoms with van der Waals surface area (Å²) in [6.07, 6.45) is 3.25. The molecule has 0 aliphatic heterocycles. The third-order valence-electron chi connectivity index (χ3n) is 1.81. The van der Waals surface area contributed by atoms with Crippen LogP contribution in [0.4, 0.5) is 0 Å². The Labute approximate surface area is 90.6 Å². The Bertz CT molecular complexity index is 441. The van der Waals surface area contributed by atoms with E-state index in [9.17, 15) is 0 Å². The number of nitrogens with two attached hydrogens (primary N) is 1. The minimum absolute atomic E-state index is 0.436. The maximum atomic E-state index is 5.85. The molecule has 0 atom stereocenters. The van der Waals surface area contributed by atoms with Crippen molar-refractivity contribution in [1.29, 1.82) is 0 Å². The number of thiophene rings is 1. The third-order valence-corrected chi connectivity index (χ3v) is 3.05. The van der Waals surface area contributed by atoms with Crippen molar-refractivity contribution < 1.29 is 0 Å². The zero-order valence-corrected chi connectivity index (χ0v) is 8.85. The van der Waals surface area contributed by atoms with Crippen molar-refractivity contribution in [2.24, 2.45) is 5.73 Å². The molecular weight excluding hydrogens is 218 g/mol. The summed E-state index contributed by atoms with van der Waals surface area (Å²) in [5, 5.41) is 0. The smallest absolute Gasteiger partial charge is 0.116 e. The summed E-state index contributed by atoms with van der Waals surface area (Å²) in [4.78, 5) is 9.15. The maximum Gasteiger partial charge on any atom is 0.116 e. The molecule has 0 aromatic carbocycles. The Kier molecular flexibility index (Phi) is 2.77. The van der Waals surface area contributed by atoms with Crippen molar-refractivity contribution in [1.82, 2.24) is 9.97 Å². The number of halogens is 1. The minimum atomic E-state index is 0.436. The van der Waals surface area contributed by atoms with E-state index >= 15 is 0 Å². The second kappa shape index (κ2) is 4.04. The van der Waals surface area contributed by atoms with E-state index in [0.29, 0.717) is 6.54 Å². The predicted octanol–water partition coefficient (Wildman–Crippen LogP) is 2.32. The molecule has 2 heterocycles. The van der Waals surface area contributed by atoms with Crippen LogP contribution in [-0.2, 0) is 6.54 Å². The van der Waals surface area contributed by atoms with E-state index in [0.717, 1.165) is 20.5 Å². The van der Waals surface area contributed by atoms with Crippen LogP contribution >= 0.6 is 22.9 Å². The van der Waals surface area contributed by atoms with Gasteiger partial charge >= 0.3 is 0 Å². The SMILES string of the molecule is NCc1cncnc1-c1ccc(Cl)s1. The molecule has 0 bridgehead atoms. The van der Waals surface area contributed by atoms with Gasteiger partial charge in [-0.05, 0) is 12.1 Å². The molecule has 2 N–H and O–H groups in total. The van der Waals surface area contributed by atoms with Crippen LogP contribution in [-0.4, -0.2) is 9.97 Å². The van der Waals surface area contributed by atoms with Gasteiger partial charge in [0, 0.05) is 18.3 Å². The van der Waals surface area contributed by atoms with Crippen LogP contribution in [0.25, 0.3) is 10.6 Å². The van der Waals surface area contributed by atoms with Gasteiger partial charge in [-0.1, -0.05) is 11.6 Å². The monoisotopic (exact) mass is 225 g/mol. The normalized spacial score (nSPS) is 10.4. The topological polar surface area (TPSA) is 51.8 Å². The Balaban J connectivity index is 2.50. The summed E-state index contributed by atoms with van der Waals surface area (Å²) in [6, 6.07) is 3.79. The average Bonchev–Trinajstić information content (AvgIpc) is 2.65. The van der Waals surface area contributed by atoms with Gasteiger partial charge in [0.25, 0.3) is 0 Å². The van der Waals surface area contributed by atoms with Crippen LogP contribution in [0.1, 0.15) is 5.56 Å². The van der Waals surface area contributed by atoms with Crippen molar-refractivity contribution in [3.05, 3.63) is 34.6 Å². The summed E-state index contributed by atoms with van der Waals surface area (Å²) in [5.74, 6) is 0. The molecule has 2 rings (SSSR count). The van der Waals surface area contributed by atoms with Crippen molar-refractivity contribution >= 4 is 22.9 Å². The van der Waals surface area contributed by atoms with E-state index in [4.69, 9.17) is 17.3 Å². The molecule has 0 aliphatic rings. The number of nitrogens with zero attached hydrogens (tertiary/aromatic N) is 2. The van der Waals surface area contributed by atoms with Gasteiger partial charge in [0.2, 0.25) is 0 Å². The summed E-state index contributed by atoms with van der Waals surface area (Å²) in [6.45, 7) is 0.436. The van der Waals surface area contributed by atoms with Gasteiger partial charge in [0.15, 0.2) is 0 Å². The fourth-order valence-corrected chi connectivity index (χ4v) is 2.25. The van der Waals surface area contributed by atoms with Crippen molar-refractivity contribution in [3.63, 3.8) is 0 Å². The molecule has 14 heavy (non-hydrogen) atoms. The lowest BCUT2D eigenvalue weighted by Crippen LogP contribution is -2.00. The van der Waals surface area contributed by atoms with Gasteiger partial charge in [0.05, 0.1) is 14.9 Å². The zero-order chi connectivity index (χ0) is 9.97. The first-order chi connectivity index (χ1) is 6.81. The first kappa shape index (κ1) is 9.58. The number of rotatable bonds is 2. The quantitative estimate of drug-likeness (QED) is 0.854. The van der Waals surface area contributed by atoms with E-state index in [-0.39, 0.29) is 0 Å². The molecule has 0 unspecified atom stereocenters. The fourth-order valence-electron chi connectivity index (χ4n) is 1.17. The Morgan fingerprint density at radius 3 is 2.93 bits per heavy atom. The molecule has 0 saturated carbocycles. The van der Waals surface area contributed by atoms with Crippen LogP contribution in [0.2, 0.25) is 4.34 Å². The molecule has 0 saturated heterocycles. The highest BCUT2D eigenvalue weighted by Gasteiger charge is 2.07. The Hall–Kier alpha value is -0.970.